The van der Waals surface area contributed by atoms with Gasteiger partial charge in [0, 0.05) is 23.0 Å². The van der Waals surface area contributed by atoms with Gasteiger partial charge in [-0.15, -0.1) is 11.3 Å². The van der Waals surface area contributed by atoms with Gasteiger partial charge in [0.1, 0.15) is 16.1 Å². The molecule has 162 valence electrons. The Morgan fingerprint density at radius 2 is 1.78 bits per heavy atom. The molecule has 2 heterocycles. The standard InChI is InChI=1S/C23H20N4O4S/c1-30-15-9-7-14(8-10-15)26-23(29)27-17-6-4-3-5-16(17)13-11-18-20(25-12-13)19(24)21(32-18)22(28)31-2/h3-12H,24H2,1-2H3,(H2,26,27,29). The number of anilines is 3. The number of para-hydroxylation sites is 1. The first-order valence-corrected chi connectivity index (χ1v) is 10.4. The van der Waals surface area contributed by atoms with Crippen molar-refractivity contribution >= 4 is 50.6 Å². The molecule has 2 aromatic carbocycles. The first-order chi connectivity index (χ1) is 15.5. The summed E-state index contributed by atoms with van der Waals surface area (Å²) >= 11 is 1.22. The summed E-state index contributed by atoms with van der Waals surface area (Å²) in [5, 5.41) is 5.67. The monoisotopic (exact) mass is 448 g/mol. The summed E-state index contributed by atoms with van der Waals surface area (Å²) in [4.78, 5) is 29.2. The van der Waals surface area contributed by atoms with E-state index in [-0.39, 0.29) is 6.03 Å². The maximum Gasteiger partial charge on any atom is 0.350 e. The predicted octanol–water partition coefficient (Wildman–Crippen LogP) is 4.98. The number of carbonyl (C=O) groups excluding carboxylic acids is 2. The lowest BCUT2D eigenvalue weighted by Crippen LogP contribution is -2.19. The Morgan fingerprint density at radius 1 is 1.03 bits per heavy atom. The highest BCUT2D eigenvalue weighted by atomic mass is 32.1. The van der Waals surface area contributed by atoms with Crippen LogP contribution in [-0.4, -0.2) is 31.2 Å². The Hall–Kier alpha value is -4.11. The molecular weight excluding hydrogens is 428 g/mol. The van der Waals surface area contributed by atoms with Crippen LogP contribution in [0.4, 0.5) is 21.9 Å². The first kappa shape index (κ1) is 21.1. The van der Waals surface area contributed by atoms with Gasteiger partial charge < -0.3 is 25.8 Å². The summed E-state index contributed by atoms with van der Waals surface area (Å²) in [6, 6.07) is 15.9. The van der Waals surface area contributed by atoms with Gasteiger partial charge in [0.25, 0.3) is 0 Å². The zero-order valence-electron chi connectivity index (χ0n) is 17.3. The zero-order chi connectivity index (χ0) is 22.7. The van der Waals surface area contributed by atoms with E-state index in [0.717, 1.165) is 15.8 Å². The van der Waals surface area contributed by atoms with Gasteiger partial charge in [0.2, 0.25) is 0 Å². The number of hydrogen-bond donors (Lipinski definition) is 3. The molecule has 0 aliphatic carbocycles. The molecule has 4 aromatic rings. The van der Waals surface area contributed by atoms with Crippen LogP contribution < -0.4 is 21.1 Å². The van der Waals surface area contributed by atoms with E-state index < -0.39 is 5.97 Å². The topological polar surface area (TPSA) is 116 Å². The molecule has 0 spiro atoms. The smallest absolute Gasteiger partial charge is 0.350 e. The molecule has 0 radical (unpaired) electrons. The van der Waals surface area contributed by atoms with E-state index in [0.29, 0.717) is 33.2 Å². The van der Waals surface area contributed by atoms with Crippen LogP contribution in [-0.2, 0) is 4.74 Å². The van der Waals surface area contributed by atoms with Gasteiger partial charge >= 0.3 is 12.0 Å². The number of nitrogen functional groups attached to an aromatic ring is 1. The number of pyridine rings is 1. The fourth-order valence-electron chi connectivity index (χ4n) is 3.19. The third-order valence-electron chi connectivity index (χ3n) is 4.77. The number of aromatic nitrogens is 1. The SMILES string of the molecule is COC(=O)c1sc2cc(-c3ccccc3NC(=O)Nc3ccc(OC)cc3)cnc2c1N. The number of urea groups is 1. The number of ether oxygens (including phenoxy) is 2. The molecule has 9 heteroatoms. The molecule has 2 aromatic heterocycles. The van der Waals surface area contributed by atoms with E-state index in [1.807, 2.05) is 24.3 Å². The number of benzene rings is 2. The van der Waals surface area contributed by atoms with E-state index in [4.69, 9.17) is 15.2 Å². The fourth-order valence-corrected chi connectivity index (χ4v) is 4.23. The molecule has 4 N–H and O–H groups in total. The van der Waals surface area contributed by atoms with Crippen molar-refractivity contribution in [1.82, 2.24) is 4.98 Å². The lowest BCUT2D eigenvalue weighted by Gasteiger charge is -2.12. The number of fused-ring (bicyclic) bond motifs is 1. The number of thiophene rings is 1. The van der Waals surface area contributed by atoms with Gasteiger partial charge in [-0.05, 0) is 36.4 Å². The number of esters is 1. The zero-order valence-corrected chi connectivity index (χ0v) is 18.2. The second-order valence-corrected chi connectivity index (χ2v) is 7.81. The normalized spacial score (nSPS) is 10.6. The van der Waals surface area contributed by atoms with Gasteiger partial charge in [-0.25, -0.2) is 9.59 Å². The summed E-state index contributed by atoms with van der Waals surface area (Å²) in [6.07, 6.45) is 1.66. The molecule has 0 aliphatic heterocycles. The molecular formula is C23H20N4O4S. The van der Waals surface area contributed by atoms with Crippen LogP contribution >= 0.6 is 11.3 Å². The third-order valence-corrected chi connectivity index (χ3v) is 5.89. The van der Waals surface area contributed by atoms with Crippen molar-refractivity contribution in [3.63, 3.8) is 0 Å². The maximum atomic E-state index is 12.6. The molecule has 0 saturated heterocycles. The van der Waals surface area contributed by atoms with E-state index in [1.165, 1.54) is 18.4 Å². The Balaban J connectivity index is 1.60. The highest BCUT2D eigenvalue weighted by Gasteiger charge is 2.19. The summed E-state index contributed by atoms with van der Waals surface area (Å²) in [7, 11) is 2.89. The Bertz CT molecular complexity index is 1300. The minimum Gasteiger partial charge on any atom is -0.497 e. The van der Waals surface area contributed by atoms with E-state index in [9.17, 15) is 9.59 Å². The van der Waals surface area contributed by atoms with Crippen molar-refractivity contribution in [2.75, 3.05) is 30.6 Å². The van der Waals surface area contributed by atoms with E-state index >= 15 is 0 Å². The number of methoxy groups -OCH3 is 2. The second-order valence-electron chi connectivity index (χ2n) is 6.76. The first-order valence-electron chi connectivity index (χ1n) is 9.58. The molecule has 0 aliphatic rings. The largest absolute Gasteiger partial charge is 0.497 e. The van der Waals surface area contributed by atoms with Crippen LogP contribution in [0.25, 0.3) is 21.3 Å². The highest BCUT2D eigenvalue weighted by molar-refractivity contribution is 7.21. The average molecular weight is 449 g/mol. The summed E-state index contributed by atoms with van der Waals surface area (Å²) in [6.45, 7) is 0. The summed E-state index contributed by atoms with van der Waals surface area (Å²) in [5.74, 6) is 0.207. The van der Waals surface area contributed by atoms with Gasteiger partial charge in [-0.3, -0.25) is 4.98 Å². The number of rotatable bonds is 5. The molecule has 0 fully saturated rings. The fraction of sp³-hybridized carbons (Fsp3) is 0.0870. The van der Waals surface area contributed by atoms with Gasteiger partial charge in [0.05, 0.1) is 30.3 Å². The van der Waals surface area contributed by atoms with Crippen molar-refractivity contribution in [2.45, 2.75) is 0 Å². The molecule has 8 nitrogen and oxygen atoms in total. The van der Waals surface area contributed by atoms with Crippen LogP contribution in [0.15, 0.2) is 60.8 Å². The van der Waals surface area contributed by atoms with Gasteiger partial charge in [-0.2, -0.15) is 0 Å². The van der Waals surface area contributed by atoms with Crippen molar-refractivity contribution in [3.8, 4) is 16.9 Å². The third kappa shape index (κ3) is 4.19. The second kappa shape index (κ2) is 8.94. The number of nitrogens with zero attached hydrogens (tertiary/aromatic N) is 1. The molecule has 32 heavy (non-hydrogen) atoms. The molecule has 2 amide bonds. The van der Waals surface area contributed by atoms with E-state index in [1.54, 1.807) is 43.6 Å². The molecule has 0 unspecified atom stereocenters. The van der Waals surface area contributed by atoms with Crippen LogP contribution in [0, 0.1) is 0 Å². The molecule has 0 saturated carbocycles. The number of amides is 2. The average Bonchev–Trinajstić information content (AvgIpc) is 3.15. The van der Waals surface area contributed by atoms with Gasteiger partial charge in [0.15, 0.2) is 0 Å². The van der Waals surface area contributed by atoms with Crippen LogP contribution in [0.3, 0.4) is 0 Å². The Morgan fingerprint density at radius 3 is 2.50 bits per heavy atom. The minimum absolute atomic E-state index is 0.300. The maximum absolute atomic E-state index is 12.6. The lowest BCUT2D eigenvalue weighted by molar-refractivity contribution is 0.0607. The van der Waals surface area contributed by atoms with Crippen LogP contribution in [0.1, 0.15) is 9.67 Å². The van der Waals surface area contributed by atoms with Crippen molar-refractivity contribution in [2.24, 2.45) is 0 Å². The molecule has 0 atom stereocenters. The van der Waals surface area contributed by atoms with Crippen molar-refractivity contribution < 1.29 is 19.1 Å². The van der Waals surface area contributed by atoms with E-state index in [2.05, 4.69) is 15.6 Å². The Kier molecular flexibility index (Phi) is 5.91. The number of hydrogen-bond acceptors (Lipinski definition) is 7. The summed E-state index contributed by atoms with van der Waals surface area (Å²) < 4.78 is 10.7. The lowest BCUT2D eigenvalue weighted by atomic mass is 10.1. The minimum atomic E-state index is -0.496. The predicted molar refractivity (Wildman–Crippen MR) is 126 cm³/mol. The Labute approximate surface area is 188 Å². The quantitative estimate of drug-likeness (QED) is 0.371. The number of nitrogens with one attached hydrogen (secondary N) is 2. The number of carbonyl (C=O) groups is 2. The van der Waals surface area contributed by atoms with Gasteiger partial charge in [-0.1, -0.05) is 18.2 Å². The molecule has 0 bridgehead atoms. The highest BCUT2D eigenvalue weighted by Crippen LogP contribution is 2.36. The number of nitrogens with two attached hydrogens (primary N) is 1. The van der Waals surface area contributed by atoms with Crippen molar-refractivity contribution in [1.29, 1.82) is 0 Å². The summed E-state index contributed by atoms with van der Waals surface area (Å²) in [5.41, 5.74) is 9.70. The van der Waals surface area contributed by atoms with Crippen LogP contribution in [0.5, 0.6) is 5.75 Å². The van der Waals surface area contributed by atoms with Crippen LogP contribution in [0.2, 0.25) is 0 Å². The van der Waals surface area contributed by atoms with Crippen molar-refractivity contribution in [3.05, 3.63) is 65.7 Å². The molecule has 4 rings (SSSR count).